The Bertz CT molecular complexity index is 365. The second-order valence-electron chi connectivity index (χ2n) is 4.24. The van der Waals surface area contributed by atoms with Crippen molar-refractivity contribution in [3.05, 3.63) is 23.3 Å². The molecule has 96 valence electrons. The van der Waals surface area contributed by atoms with Gasteiger partial charge < -0.3 is 10.5 Å². The summed E-state index contributed by atoms with van der Waals surface area (Å²) in [7, 11) is 1.74. The molecule has 1 atom stereocenters. The molecule has 0 heterocycles. The van der Waals surface area contributed by atoms with Crippen molar-refractivity contribution in [3.8, 4) is 5.75 Å². The van der Waals surface area contributed by atoms with E-state index in [4.69, 9.17) is 10.5 Å². The number of hydrogen-bond donors (Lipinski definition) is 1. The van der Waals surface area contributed by atoms with Crippen LogP contribution in [-0.4, -0.2) is 19.9 Å². The molecule has 0 bridgehead atoms. The van der Waals surface area contributed by atoms with Crippen LogP contribution in [0.4, 0.5) is 0 Å². The van der Waals surface area contributed by atoms with E-state index < -0.39 is 0 Å². The number of thioether (sulfide) groups is 1. The van der Waals surface area contributed by atoms with E-state index in [0.29, 0.717) is 12.5 Å². The van der Waals surface area contributed by atoms with Gasteiger partial charge in [-0.2, -0.15) is 0 Å². The molecule has 0 aliphatic carbocycles. The molecule has 3 heteroatoms. The minimum atomic E-state index is 0.451. The van der Waals surface area contributed by atoms with Crippen molar-refractivity contribution in [2.75, 3.05) is 19.9 Å². The summed E-state index contributed by atoms with van der Waals surface area (Å²) in [6.45, 7) is 5.10. The van der Waals surface area contributed by atoms with Gasteiger partial charge in [0.15, 0.2) is 0 Å². The Labute approximate surface area is 109 Å². The van der Waals surface area contributed by atoms with Gasteiger partial charge in [-0.15, -0.1) is 11.8 Å². The Kier molecular flexibility index (Phi) is 5.86. The topological polar surface area (TPSA) is 35.2 Å². The first kappa shape index (κ1) is 14.4. The third-order valence-corrected chi connectivity index (χ3v) is 3.96. The van der Waals surface area contributed by atoms with Crippen molar-refractivity contribution in [3.63, 3.8) is 0 Å². The minimum absolute atomic E-state index is 0.451. The quantitative estimate of drug-likeness (QED) is 0.789. The number of methoxy groups -OCH3 is 1. The third kappa shape index (κ3) is 3.39. The summed E-state index contributed by atoms with van der Waals surface area (Å²) in [6.07, 6.45) is 4.16. The number of nitrogens with two attached hydrogens (primary N) is 1. The highest BCUT2D eigenvalue weighted by atomic mass is 32.2. The Hall–Kier alpha value is -0.670. The van der Waals surface area contributed by atoms with E-state index in [1.54, 1.807) is 18.9 Å². The average molecular weight is 253 g/mol. The molecule has 0 aliphatic heterocycles. The monoisotopic (exact) mass is 253 g/mol. The van der Waals surface area contributed by atoms with Crippen LogP contribution >= 0.6 is 11.8 Å². The van der Waals surface area contributed by atoms with Crippen molar-refractivity contribution in [2.45, 2.75) is 37.5 Å². The highest BCUT2D eigenvalue weighted by Gasteiger charge is 2.14. The highest BCUT2D eigenvalue weighted by Crippen LogP contribution is 2.34. The Morgan fingerprint density at radius 3 is 2.59 bits per heavy atom. The summed E-state index contributed by atoms with van der Waals surface area (Å²) in [5.74, 6) is 1.45. The van der Waals surface area contributed by atoms with Crippen LogP contribution in [-0.2, 0) is 6.42 Å². The van der Waals surface area contributed by atoms with Gasteiger partial charge in [-0.25, -0.2) is 0 Å². The van der Waals surface area contributed by atoms with Crippen LogP contribution in [0.25, 0.3) is 0 Å². The van der Waals surface area contributed by atoms with E-state index in [1.807, 2.05) is 0 Å². The van der Waals surface area contributed by atoms with Crippen molar-refractivity contribution >= 4 is 11.8 Å². The summed E-state index contributed by atoms with van der Waals surface area (Å²) < 4.78 is 5.50. The summed E-state index contributed by atoms with van der Waals surface area (Å²) in [5, 5.41) is 0. The second-order valence-corrected chi connectivity index (χ2v) is 5.09. The zero-order chi connectivity index (χ0) is 12.8. The van der Waals surface area contributed by atoms with Crippen LogP contribution in [0.15, 0.2) is 17.0 Å². The SMILES string of the molecule is CCc1cc(OC)c(C(C)CCN)cc1SC. The fourth-order valence-electron chi connectivity index (χ4n) is 2.05. The summed E-state index contributed by atoms with van der Waals surface area (Å²) in [5.41, 5.74) is 8.28. The lowest BCUT2D eigenvalue weighted by Crippen LogP contribution is -2.06. The third-order valence-electron chi connectivity index (χ3n) is 3.14. The maximum Gasteiger partial charge on any atom is 0.122 e. The molecule has 1 aromatic carbocycles. The molecule has 0 saturated heterocycles. The van der Waals surface area contributed by atoms with E-state index in [2.05, 4.69) is 32.2 Å². The lowest BCUT2D eigenvalue weighted by molar-refractivity contribution is 0.404. The normalized spacial score (nSPS) is 12.5. The van der Waals surface area contributed by atoms with Gasteiger partial charge in [0.2, 0.25) is 0 Å². The van der Waals surface area contributed by atoms with E-state index in [1.165, 1.54) is 16.0 Å². The highest BCUT2D eigenvalue weighted by molar-refractivity contribution is 7.98. The molecule has 17 heavy (non-hydrogen) atoms. The number of aryl methyl sites for hydroxylation is 1. The number of benzene rings is 1. The first-order valence-corrected chi connectivity index (χ1v) is 7.35. The van der Waals surface area contributed by atoms with E-state index >= 15 is 0 Å². The Balaban J connectivity index is 3.18. The van der Waals surface area contributed by atoms with Gasteiger partial charge in [-0.05, 0) is 54.8 Å². The van der Waals surface area contributed by atoms with Crippen LogP contribution in [0.2, 0.25) is 0 Å². The lowest BCUT2D eigenvalue weighted by atomic mass is 9.95. The molecule has 0 amide bonds. The van der Waals surface area contributed by atoms with E-state index in [0.717, 1.165) is 18.6 Å². The molecule has 2 N–H and O–H groups in total. The van der Waals surface area contributed by atoms with Gasteiger partial charge in [0.1, 0.15) is 5.75 Å². The van der Waals surface area contributed by atoms with Crippen LogP contribution in [0.1, 0.15) is 37.3 Å². The molecular weight excluding hydrogens is 230 g/mol. The predicted molar refractivity (Wildman–Crippen MR) is 76.2 cm³/mol. The van der Waals surface area contributed by atoms with Gasteiger partial charge >= 0.3 is 0 Å². The predicted octanol–water partition coefficient (Wildman–Crippen LogP) is 3.43. The molecular formula is C14H23NOS. The fourth-order valence-corrected chi connectivity index (χ4v) is 2.76. The summed E-state index contributed by atoms with van der Waals surface area (Å²) in [6, 6.07) is 4.44. The molecule has 0 radical (unpaired) electrons. The fraction of sp³-hybridized carbons (Fsp3) is 0.571. The van der Waals surface area contributed by atoms with Gasteiger partial charge in [0.05, 0.1) is 7.11 Å². The zero-order valence-electron chi connectivity index (χ0n) is 11.2. The van der Waals surface area contributed by atoms with Crippen molar-refractivity contribution in [2.24, 2.45) is 5.73 Å². The van der Waals surface area contributed by atoms with Gasteiger partial charge in [0, 0.05) is 4.90 Å². The van der Waals surface area contributed by atoms with Crippen LogP contribution < -0.4 is 10.5 Å². The molecule has 1 rings (SSSR count). The first-order chi connectivity index (χ1) is 8.17. The number of ether oxygens (including phenoxy) is 1. The Morgan fingerprint density at radius 2 is 2.12 bits per heavy atom. The maximum atomic E-state index is 5.64. The number of hydrogen-bond acceptors (Lipinski definition) is 3. The van der Waals surface area contributed by atoms with Crippen molar-refractivity contribution in [1.82, 2.24) is 0 Å². The van der Waals surface area contributed by atoms with Crippen LogP contribution in [0, 0.1) is 0 Å². The van der Waals surface area contributed by atoms with Gasteiger partial charge in [0.25, 0.3) is 0 Å². The van der Waals surface area contributed by atoms with E-state index in [9.17, 15) is 0 Å². The summed E-state index contributed by atoms with van der Waals surface area (Å²) >= 11 is 1.80. The molecule has 2 nitrogen and oxygen atoms in total. The second kappa shape index (κ2) is 6.92. The lowest BCUT2D eigenvalue weighted by Gasteiger charge is -2.18. The molecule has 0 aromatic heterocycles. The zero-order valence-corrected chi connectivity index (χ0v) is 12.1. The summed E-state index contributed by atoms with van der Waals surface area (Å²) in [4.78, 5) is 1.35. The Morgan fingerprint density at radius 1 is 1.41 bits per heavy atom. The molecule has 0 aliphatic rings. The molecule has 0 fully saturated rings. The smallest absolute Gasteiger partial charge is 0.122 e. The molecule has 1 aromatic rings. The largest absolute Gasteiger partial charge is 0.496 e. The standard InChI is InChI=1S/C14H23NOS/c1-5-11-8-13(16-3)12(9-14(11)17-4)10(2)6-7-15/h8-10H,5-7,15H2,1-4H3. The first-order valence-electron chi connectivity index (χ1n) is 6.12. The van der Waals surface area contributed by atoms with Gasteiger partial charge in [-0.3, -0.25) is 0 Å². The van der Waals surface area contributed by atoms with Crippen LogP contribution in [0.3, 0.4) is 0 Å². The van der Waals surface area contributed by atoms with E-state index in [-0.39, 0.29) is 0 Å². The average Bonchev–Trinajstić information content (AvgIpc) is 2.37. The van der Waals surface area contributed by atoms with Gasteiger partial charge in [-0.1, -0.05) is 13.8 Å². The van der Waals surface area contributed by atoms with Crippen molar-refractivity contribution < 1.29 is 4.74 Å². The molecule has 0 saturated carbocycles. The minimum Gasteiger partial charge on any atom is -0.496 e. The molecule has 0 spiro atoms. The maximum absolute atomic E-state index is 5.64. The number of rotatable bonds is 6. The van der Waals surface area contributed by atoms with Crippen molar-refractivity contribution in [1.29, 1.82) is 0 Å². The molecule has 1 unspecified atom stereocenters. The van der Waals surface area contributed by atoms with Crippen LogP contribution in [0.5, 0.6) is 5.75 Å².